The maximum Gasteiger partial charge on any atom is 0.338 e. The molecule has 0 bridgehead atoms. The van der Waals surface area contributed by atoms with E-state index >= 15 is 0 Å². The third kappa shape index (κ3) is 8.89. The minimum absolute atomic E-state index is 0.125. The van der Waals surface area contributed by atoms with Crippen molar-refractivity contribution in [3.8, 4) is 11.5 Å². The first-order valence-electron chi connectivity index (χ1n) is 11.1. The number of ether oxygens (including phenoxy) is 3. The van der Waals surface area contributed by atoms with Crippen molar-refractivity contribution < 1.29 is 29.2 Å². The van der Waals surface area contributed by atoms with Crippen molar-refractivity contribution >= 4 is 5.97 Å². The molecule has 0 aromatic heterocycles. The van der Waals surface area contributed by atoms with Crippen LogP contribution in [0.3, 0.4) is 0 Å². The average Bonchev–Trinajstić information content (AvgIpc) is 2.80. The molecule has 0 fully saturated rings. The number of aryl methyl sites for hydroxylation is 4. The Hall–Kier alpha value is -3.35. The van der Waals surface area contributed by atoms with Crippen LogP contribution < -0.4 is 9.47 Å². The molecule has 3 rings (SSSR count). The smallest absolute Gasteiger partial charge is 0.338 e. The van der Waals surface area contributed by atoms with Gasteiger partial charge in [-0.3, -0.25) is 0 Å². The van der Waals surface area contributed by atoms with Crippen molar-refractivity contribution in [1.82, 2.24) is 0 Å². The quantitative estimate of drug-likeness (QED) is 0.462. The monoisotopic (exact) mass is 466 g/mol. The minimum Gasteiger partial charge on any atom is -0.489 e. The summed E-state index contributed by atoms with van der Waals surface area (Å²) in [5.74, 6) is 0.697. The van der Waals surface area contributed by atoms with Gasteiger partial charge in [0.05, 0.1) is 25.9 Å². The molecule has 6 nitrogen and oxygen atoms in total. The molecule has 0 aliphatic heterocycles. The van der Waals surface area contributed by atoms with Gasteiger partial charge >= 0.3 is 5.97 Å². The summed E-state index contributed by atoms with van der Waals surface area (Å²) >= 11 is 0. The molecule has 0 spiro atoms. The van der Waals surface area contributed by atoms with E-state index in [1.807, 2.05) is 0 Å². The Morgan fingerprint density at radius 3 is 1.35 bits per heavy atom. The highest BCUT2D eigenvalue weighted by Gasteiger charge is 2.11. The molecule has 3 aromatic rings. The van der Waals surface area contributed by atoms with Gasteiger partial charge in [0, 0.05) is 6.07 Å². The van der Waals surface area contributed by atoms with Crippen LogP contribution in [0.2, 0.25) is 0 Å². The number of esters is 1. The standard InChI is InChI=1S/C26H28O4.C2H6O2/c1-17-6-18(2)9-21(8-17)15-29-24-12-23(26(27)28-5)13-25(14-24)30-16-22-10-19(3)7-20(4)11-22;3-1-2-4/h6-14H,15-16H2,1-5H3;3-4H,1-2H2. The largest absolute Gasteiger partial charge is 0.489 e. The first kappa shape index (κ1) is 26.9. The van der Waals surface area contributed by atoms with Crippen molar-refractivity contribution in [2.24, 2.45) is 0 Å². The lowest BCUT2D eigenvalue weighted by Gasteiger charge is -2.13. The van der Waals surface area contributed by atoms with Crippen molar-refractivity contribution in [3.63, 3.8) is 0 Å². The molecule has 0 aliphatic carbocycles. The van der Waals surface area contributed by atoms with Gasteiger partial charge in [-0.05, 0) is 51.0 Å². The molecule has 2 N–H and O–H groups in total. The lowest BCUT2D eigenvalue weighted by atomic mass is 10.1. The number of benzene rings is 3. The van der Waals surface area contributed by atoms with Gasteiger partial charge in [0.2, 0.25) is 0 Å². The SMILES string of the molecule is COC(=O)c1cc(OCc2cc(C)cc(C)c2)cc(OCc2cc(C)cc(C)c2)c1.OCCO. The Morgan fingerprint density at radius 2 is 1.03 bits per heavy atom. The highest BCUT2D eigenvalue weighted by molar-refractivity contribution is 5.90. The van der Waals surface area contributed by atoms with E-state index in [2.05, 4.69) is 64.1 Å². The first-order chi connectivity index (χ1) is 16.2. The molecule has 0 heterocycles. The summed E-state index contributed by atoms with van der Waals surface area (Å²) in [6.45, 7) is 8.81. The van der Waals surface area contributed by atoms with Gasteiger partial charge in [0.1, 0.15) is 24.7 Å². The lowest BCUT2D eigenvalue weighted by Crippen LogP contribution is -2.04. The van der Waals surface area contributed by atoms with Gasteiger partial charge in [0.25, 0.3) is 0 Å². The fourth-order valence-electron chi connectivity index (χ4n) is 3.61. The van der Waals surface area contributed by atoms with Gasteiger partial charge in [-0.15, -0.1) is 0 Å². The zero-order valence-corrected chi connectivity index (χ0v) is 20.6. The van der Waals surface area contributed by atoms with E-state index in [1.54, 1.807) is 18.2 Å². The second kappa shape index (κ2) is 13.4. The fourth-order valence-corrected chi connectivity index (χ4v) is 3.61. The van der Waals surface area contributed by atoms with Crippen LogP contribution in [0.1, 0.15) is 43.7 Å². The molecular weight excluding hydrogens is 432 g/mol. The zero-order chi connectivity index (χ0) is 25.1. The molecule has 0 saturated heterocycles. The normalized spacial score (nSPS) is 10.2. The summed E-state index contributed by atoms with van der Waals surface area (Å²) in [4.78, 5) is 12.1. The van der Waals surface area contributed by atoms with E-state index in [9.17, 15) is 4.79 Å². The van der Waals surface area contributed by atoms with E-state index in [0.717, 1.165) is 11.1 Å². The summed E-state index contributed by atoms with van der Waals surface area (Å²) in [5, 5.41) is 15.2. The van der Waals surface area contributed by atoms with Crippen molar-refractivity contribution in [3.05, 3.63) is 93.5 Å². The van der Waals surface area contributed by atoms with Crippen molar-refractivity contribution in [2.75, 3.05) is 20.3 Å². The summed E-state index contributed by atoms with van der Waals surface area (Å²) in [6, 6.07) is 17.8. The van der Waals surface area contributed by atoms with Gasteiger partial charge in [0.15, 0.2) is 0 Å². The average molecular weight is 467 g/mol. The molecule has 34 heavy (non-hydrogen) atoms. The second-order valence-electron chi connectivity index (χ2n) is 8.20. The van der Waals surface area contributed by atoms with Crippen LogP contribution in [0.15, 0.2) is 54.6 Å². The fraction of sp³-hybridized carbons (Fsp3) is 0.321. The molecule has 6 heteroatoms. The van der Waals surface area contributed by atoms with Gasteiger partial charge in [-0.1, -0.05) is 58.7 Å². The Morgan fingerprint density at radius 1 is 0.647 bits per heavy atom. The lowest BCUT2D eigenvalue weighted by molar-refractivity contribution is 0.0599. The third-order valence-electron chi connectivity index (χ3n) is 4.78. The molecule has 3 aromatic carbocycles. The van der Waals surface area contributed by atoms with Crippen molar-refractivity contribution in [1.29, 1.82) is 0 Å². The topological polar surface area (TPSA) is 85.2 Å². The second-order valence-corrected chi connectivity index (χ2v) is 8.20. The van der Waals surface area contributed by atoms with E-state index in [-0.39, 0.29) is 13.2 Å². The zero-order valence-electron chi connectivity index (χ0n) is 20.6. The minimum atomic E-state index is -0.428. The Labute approximate surface area is 201 Å². The third-order valence-corrected chi connectivity index (χ3v) is 4.78. The predicted molar refractivity (Wildman–Crippen MR) is 132 cm³/mol. The van der Waals surface area contributed by atoms with E-state index in [0.29, 0.717) is 30.3 Å². The maximum absolute atomic E-state index is 12.1. The van der Waals surface area contributed by atoms with E-state index < -0.39 is 5.97 Å². The van der Waals surface area contributed by atoms with Crippen molar-refractivity contribution in [2.45, 2.75) is 40.9 Å². The summed E-state index contributed by atoms with van der Waals surface area (Å²) < 4.78 is 16.8. The molecule has 0 unspecified atom stereocenters. The highest BCUT2D eigenvalue weighted by Crippen LogP contribution is 2.26. The Kier molecular flexibility index (Phi) is 10.6. The van der Waals surface area contributed by atoms with E-state index in [4.69, 9.17) is 24.4 Å². The first-order valence-corrected chi connectivity index (χ1v) is 11.1. The Balaban J connectivity index is 0.000000945. The van der Waals surface area contributed by atoms with Gasteiger partial charge < -0.3 is 24.4 Å². The number of aliphatic hydroxyl groups excluding tert-OH is 2. The summed E-state index contributed by atoms with van der Waals surface area (Å²) in [6.07, 6.45) is 0. The predicted octanol–water partition coefficient (Wildman–Crippen LogP) is 4.84. The van der Waals surface area contributed by atoms with Crippen LogP contribution in [0.25, 0.3) is 0 Å². The Bertz CT molecular complexity index is 974. The van der Waals surface area contributed by atoms with Crippen LogP contribution in [-0.2, 0) is 18.0 Å². The summed E-state index contributed by atoms with van der Waals surface area (Å²) in [7, 11) is 1.36. The number of rotatable bonds is 8. The van der Waals surface area contributed by atoms with Crippen LogP contribution in [0.5, 0.6) is 11.5 Å². The molecular formula is C28H34O6. The summed E-state index contributed by atoms with van der Waals surface area (Å²) in [5.41, 5.74) is 7.31. The number of carbonyl (C=O) groups is 1. The van der Waals surface area contributed by atoms with Crippen LogP contribution in [0, 0.1) is 27.7 Å². The van der Waals surface area contributed by atoms with Crippen LogP contribution >= 0.6 is 0 Å². The molecule has 182 valence electrons. The number of hydrogen-bond acceptors (Lipinski definition) is 6. The van der Waals surface area contributed by atoms with Crippen LogP contribution in [-0.4, -0.2) is 36.5 Å². The number of hydrogen-bond donors (Lipinski definition) is 2. The molecule has 0 amide bonds. The maximum atomic E-state index is 12.1. The number of carbonyl (C=O) groups excluding carboxylic acids is 1. The van der Waals surface area contributed by atoms with Gasteiger partial charge in [-0.25, -0.2) is 4.79 Å². The van der Waals surface area contributed by atoms with E-state index in [1.165, 1.54) is 29.4 Å². The molecule has 0 radical (unpaired) electrons. The van der Waals surface area contributed by atoms with Crippen LogP contribution in [0.4, 0.5) is 0 Å². The number of aliphatic hydroxyl groups is 2. The molecule has 0 aliphatic rings. The number of methoxy groups -OCH3 is 1. The highest BCUT2D eigenvalue weighted by atomic mass is 16.5. The molecule has 0 saturated carbocycles. The van der Waals surface area contributed by atoms with Gasteiger partial charge in [-0.2, -0.15) is 0 Å². The molecule has 0 atom stereocenters.